The Balaban J connectivity index is 0.000000774. The largest absolute Gasteiger partial charge is 0.495 e. The first-order valence-corrected chi connectivity index (χ1v) is 6.97. The van der Waals surface area contributed by atoms with Crippen molar-refractivity contribution < 1.29 is 9.13 Å². The van der Waals surface area contributed by atoms with Crippen molar-refractivity contribution >= 4 is 10.9 Å². The molecule has 4 heteroatoms. The van der Waals surface area contributed by atoms with Gasteiger partial charge >= 0.3 is 0 Å². The Hall–Kier alpha value is -2.36. The quantitative estimate of drug-likeness (QED) is 0.740. The van der Waals surface area contributed by atoms with Crippen LogP contribution >= 0.6 is 0 Å². The highest BCUT2D eigenvalue weighted by atomic mass is 19.1. The second kappa shape index (κ2) is 6.39. The van der Waals surface area contributed by atoms with Crippen LogP contribution < -0.4 is 4.74 Å². The number of aromatic nitrogens is 2. The van der Waals surface area contributed by atoms with Gasteiger partial charge in [0.2, 0.25) is 0 Å². The summed E-state index contributed by atoms with van der Waals surface area (Å²) in [5, 5.41) is 0.577. The first-order valence-electron chi connectivity index (χ1n) is 6.97. The lowest BCUT2D eigenvalue weighted by molar-refractivity contribution is 0.410. The van der Waals surface area contributed by atoms with Crippen LogP contribution in [0.1, 0.15) is 19.4 Å². The van der Waals surface area contributed by atoms with Crippen LogP contribution in [-0.2, 0) is 0 Å². The zero-order valence-electron chi connectivity index (χ0n) is 12.7. The topological polar surface area (TPSA) is 37.9 Å². The molecule has 0 radical (unpaired) electrons. The number of halogens is 1. The molecular formula is C17H19FN2O. The Morgan fingerprint density at radius 1 is 1.19 bits per heavy atom. The van der Waals surface area contributed by atoms with Crippen molar-refractivity contribution in [2.24, 2.45) is 0 Å². The van der Waals surface area contributed by atoms with Crippen molar-refractivity contribution in [3.63, 3.8) is 0 Å². The zero-order chi connectivity index (χ0) is 15.4. The van der Waals surface area contributed by atoms with Crippen molar-refractivity contribution in [1.29, 1.82) is 0 Å². The number of H-pyrrole nitrogens is 1. The lowest BCUT2D eigenvalue weighted by atomic mass is 10.2. The highest BCUT2D eigenvalue weighted by Crippen LogP contribution is 2.27. The van der Waals surface area contributed by atoms with Gasteiger partial charge in [-0.05, 0) is 36.8 Å². The van der Waals surface area contributed by atoms with E-state index in [1.165, 1.54) is 6.07 Å². The second-order valence-electron chi connectivity index (χ2n) is 4.42. The van der Waals surface area contributed by atoms with Gasteiger partial charge in [0, 0.05) is 10.9 Å². The number of aryl methyl sites for hydroxylation is 1. The molecule has 3 rings (SSSR count). The van der Waals surface area contributed by atoms with Crippen LogP contribution in [0.3, 0.4) is 0 Å². The molecule has 0 unspecified atom stereocenters. The molecule has 2 heterocycles. The summed E-state index contributed by atoms with van der Waals surface area (Å²) in [6.07, 6.45) is 1.67. The molecule has 1 aromatic carbocycles. The Morgan fingerprint density at radius 2 is 1.95 bits per heavy atom. The molecule has 0 saturated heterocycles. The fraction of sp³-hybridized carbons (Fsp3) is 0.235. The van der Waals surface area contributed by atoms with Gasteiger partial charge in [0.15, 0.2) is 0 Å². The number of aromatic amines is 1. The number of ether oxygens (including phenoxy) is 1. The van der Waals surface area contributed by atoms with Crippen molar-refractivity contribution in [3.8, 4) is 17.1 Å². The minimum absolute atomic E-state index is 0.231. The normalized spacial score (nSPS) is 10.1. The highest BCUT2D eigenvalue weighted by molar-refractivity contribution is 5.85. The van der Waals surface area contributed by atoms with E-state index in [1.54, 1.807) is 25.4 Å². The van der Waals surface area contributed by atoms with Gasteiger partial charge in [-0.15, -0.1) is 0 Å². The Bertz CT molecular complexity index is 750. The predicted molar refractivity (Wildman–Crippen MR) is 84.1 cm³/mol. The number of hydrogen-bond acceptors (Lipinski definition) is 2. The van der Waals surface area contributed by atoms with Crippen LogP contribution in [0.2, 0.25) is 0 Å². The van der Waals surface area contributed by atoms with E-state index in [0.717, 1.165) is 28.2 Å². The van der Waals surface area contributed by atoms with E-state index in [0.29, 0.717) is 5.39 Å². The highest BCUT2D eigenvalue weighted by Gasteiger charge is 2.09. The Morgan fingerprint density at radius 3 is 2.57 bits per heavy atom. The maximum atomic E-state index is 13.7. The van der Waals surface area contributed by atoms with Gasteiger partial charge in [-0.2, -0.15) is 0 Å². The van der Waals surface area contributed by atoms with E-state index in [1.807, 2.05) is 32.9 Å². The predicted octanol–water partition coefficient (Wildman–Crippen LogP) is 4.71. The van der Waals surface area contributed by atoms with Crippen LogP contribution in [0.25, 0.3) is 22.3 Å². The van der Waals surface area contributed by atoms with E-state index in [-0.39, 0.29) is 5.82 Å². The SMILES string of the molecule is CC.COc1cnc(-c2cc3c(F)cccc3[nH]2)cc1C. The monoisotopic (exact) mass is 286 g/mol. The number of hydrogen-bond donors (Lipinski definition) is 1. The molecule has 0 atom stereocenters. The molecule has 3 nitrogen and oxygen atoms in total. The number of nitrogens with zero attached hydrogens (tertiary/aromatic N) is 1. The number of fused-ring (bicyclic) bond motifs is 1. The molecule has 0 aliphatic heterocycles. The van der Waals surface area contributed by atoms with E-state index < -0.39 is 0 Å². The minimum atomic E-state index is -0.231. The van der Waals surface area contributed by atoms with Gasteiger partial charge < -0.3 is 9.72 Å². The molecule has 0 amide bonds. The van der Waals surface area contributed by atoms with Crippen LogP contribution in [0.15, 0.2) is 36.5 Å². The second-order valence-corrected chi connectivity index (χ2v) is 4.42. The standard InChI is InChI=1S/C15H13FN2O.C2H6/c1-9-6-13(17-8-15(9)19-2)14-7-10-11(16)4-3-5-12(10)18-14;1-2/h3-8,18H,1-2H3;1-2H3. The third-order valence-corrected chi connectivity index (χ3v) is 3.17. The van der Waals surface area contributed by atoms with Crippen molar-refractivity contribution in [2.45, 2.75) is 20.8 Å². The fourth-order valence-corrected chi connectivity index (χ4v) is 2.16. The van der Waals surface area contributed by atoms with Gasteiger partial charge in [0.1, 0.15) is 11.6 Å². The first-order chi connectivity index (χ1) is 10.2. The molecule has 3 aromatic rings. The number of nitrogens with one attached hydrogen (secondary N) is 1. The molecule has 0 aliphatic rings. The third kappa shape index (κ3) is 2.89. The molecule has 1 N–H and O–H groups in total. The molecular weight excluding hydrogens is 267 g/mol. The van der Waals surface area contributed by atoms with Gasteiger partial charge in [0.05, 0.1) is 24.7 Å². The Labute approximate surface area is 123 Å². The molecule has 0 saturated carbocycles. The molecule has 0 bridgehead atoms. The minimum Gasteiger partial charge on any atom is -0.495 e. The van der Waals surface area contributed by atoms with Crippen LogP contribution in [0.5, 0.6) is 5.75 Å². The summed E-state index contributed by atoms with van der Waals surface area (Å²) in [7, 11) is 1.61. The van der Waals surface area contributed by atoms with Crippen molar-refractivity contribution in [1.82, 2.24) is 9.97 Å². The van der Waals surface area contributed by atoms with E-state index in [4.69, 9.17) is 4.74 Å². The molecule has 110 valence electrons. The summed E-state index contributed by atoms with van der Waals surface area (Å²) >= 11 is 0. The molecule has 0 aliphatic carbocycles. The average Bonchev–Trinajstić information content (AvgIpc) is 2.95. The summed E-state index contributed by atoms with van der Waals surface area (Å²) in [6.45, 7) is 5.95. The van der Waals surface area contributed by atoms with Crippen molar-refractivity contribution in [3.05, 3.63) is 47.9 Å². The molecule has 0 spiro atoms. The third-order valence-electron chi connectivity index (χ3n) is 3.17. The van der Waals surface area contributed by atoms with Gasteiger partial charge in [-0.3, -0.25) is 4.98 Å². The maximum absolute atomic E-state index is 13.7. The summed E-state index contributed by atoms with van der Waals surface area (Å²) < 4.78 is 18.8. The number of methoxy groups -OCH3 is 1. The van der Waals surface area contributed by atoms with E-state index in [9.17, 15) is 4.39 Å². The summed E-state index contributed by atoms with van der Waals surface area (Å²) in [5.74, 6) is 0.510. The van der Waals surface area contributed by atoms with Gasteiger partial charge in [-0.1, -0.05) is 19.9 Å². The van der Waals surface area contributed by atoms with Crippen LogP contribution in [-0.4, -0.2) is 17.1 Å². The van der Waals surface area contributed by atoms with E-state index >= 15 is 0 Å². The summed E-state index contributed by atoms with van der Waals surface area (Å²) in [4.78, 5) is 7.50. The maximum Gasteiger partial charge on any atom is 0.140 e. The first kappa shape index (κ1) is 15.0. The smallest absolute Gasteiger partial charge is 0.140 e. The zero-order valence-corrected chi connectivity index (χ0v) is 12.7. The average molecular weight is 286 g/mol. The van der Waals surface area contributed by atoms with Gasteiger partial charge in [0.25, 0.3) is 0 Å². The number of pyridine rings is 1. The summed E-state index contributed by atoms with van der Waals surface area (Å²) in [5.41, 5.74) is 3.33. The van der Waals surface area contributed by atoms with E-state index in [2.05, 4.69) is 9.97 Å². The lowest BCUT2D eigenvalue weighted by Crippen LogP contribution is -1.91. The molecule has 0 fully saturated rings. The lowest BCUT2D eigenvalue weighted by Gasteiger charge is -2.05. The Kier molecular flexibility index (Phi) is 4.58. The van der Waals surface area contributed by atoms with Gasteiger partial charge in [-0.25, -0.2) is 4.39 Å². The molecule has 2 aromatic heterocycles. The molecule has 21 heavy (non-hydrogen) atoms. The number of benzene rings is 1. The fourth-order valence-electron chi connectivity index (χ4n) is 2.16. The van der Waals surface area contributed by atoms with Crippen LogP contribution in [0, 0.1) is 12.7 Å². The number of rotatable bonds is 2. The summed E-state index contributed by atoms with van der Waals surface area (Å²) in [6, 6.07) is 8.68. The van der Waals surface area contributed by atoms with Crippen LogP contribution in [0.4, 0.5) is 4.39 Å². The van der Waals surface area contributed by atoms with Crippen molar-refractivity contribution in [2.75, 3.05) is 7.11 Å².